The first kappa shape index (κ1) is 15.6. The number of aliphatic carboxylic acids is 1. The van der Waals surface area contributed by atoms with Crippen LogP contribution in [0.5, 0.6) is 5.75 Å². The zero-order chi connectivity index (χ0) is 16.6. The van der Waals surface area contributed by atoms with Gasteiger partial charge in [0.1, 0.15) is 11.7 Å². The number of carboxylic acids is 1. The second-order valence-corrected chi connectivity index (χ2v) is 6.29. The summed E-state index contributed by atoms with van der Waals surface area (Å²) in [5.41, 5.74) is 0.149. The first-order chi connectivity index (χ1) is 10.9. The maximum absolute atomic E-state index is 13.6. The molecule has 1 fully saturated rings. The van der Waals surface area contributed by atoms with Gasteiger partial charge in [-0.3, -0.25) is 4.79 Å². The van der Waals surface area contributed by atoms with E-state index in [1.807, 2.05) is 13.0 Å². The summed E-state index contributed by atoms with van der Waals surface area (Å²) in [6, 6.07) is 0. The fraction of sp³-hybridized carbons (Fsp3) is 0.471. The summed E-state index contributed by atoms with van der Waals surface area (Å²) in [6.07, 6.45) is 7.28. The number of carboxylic acid groups (broad SMARTS) is 1. The largest absolute Gasteiger partial charge is 0.489 e. The van der Waals surface area contributed by atoms with E-state index >= 15 is 0 Å². The number of aryl methyl sites for hydroxylation is 2. The maximum Gasteiger partial charge on any atom is 0.307 e. The molecule has 1 heterocycles. The minimum atomic E-state index is -0.853. The van der Waals surface area contributed by atoms with Crippen LogP contribution in [-0.2, 0) is 4.79 Å². The van der Waals surface area contributed by atoms with Gasteiger partial charge in [0.15, 0.2) is 5.75 Å². The Balaban J connectivity index is 1.77. The molecule has 0 bridgehead atoms. The van der Waals surface area contributed by atoms with Gasteiger partial charge in [-0.25, -0.2) is 14.4 Å². The maximum atomic E-state index is 13.6. The Hall–Kier alpha value is -2.24. The third kappa shape index (κ3) is 2.98. The molecule has 1 unspecified atom stereocenters. The van der Waals surface area contributed by atoms with Crippen LogP contribution in [-0.4, -0.2) is 27.7 Å². The fourth-order valence-corrected chi connectivity index (χ4v) is 3.29. The van der Waals surface area contributed by atoms with Crippen LogP contribution in [0.15, 0.2) is 30.3 Å². The Morgan fingerprint density at radius 1 is 1.52 bits per heavy atom. The summed E-state index contributed by atoms with van der Waals surface area (Å²) in [5.74, 6) is -0.546. The minimum Gasteiger partial charge on any atom is -0.489 e. The third-order valence-corrected chi connectivity index (χ3v) is 4.74. The number of allylic oxidation sites excluding steroid dienone is 4. The molecule has 0 aliphatic heterocycles. The first-order valence-corrected chi connectivity index (χ1v) is 7.61. The van der Waals surface area contributed by atoms with Crippen molar-refractivity contribution in [3.63, 3.8) is 0 Å². The number of nitrogens with zero attached hydrogens (tertiary/aromatic N) is 2. The Morgan fingerprint density at radius 3 is 2.91 bits per heavy atom. The van der Waals surface area contributed by atoms with Crippen LogP contribution in [0.3, 0.4) is 0 Å². The molecule has 0 aromatic carbocycles. The van der Waals surface area contributed by atoms with Crippen molar-refractivity contribution >= 4 is 5.97 Å². The molecule has 1 saturated carbocycles. The molecule has 3 rings (SSSR count). The summed E-state index contributed by atoms with van der Waals surface area (Å²) >= 11 is 0. The molecule has 3 atom stereocenters. The molecule has 1 aromatic heterocycles. The molecular formula is C17H19FN2O3. The Bertz CT molecular complexity index is 701. The highest BCUT2D eigenvalue weighted by Gasteiger charge is 2.63. The van der Waals surface area contributed by atoms with E-state index in [2.05, 4.69) is 9.97 Å². The molecule has 2 aliphatic rings. The molecule has 23 heavy (non-hydrogen) atoms. The van der Waals surface area contributed by atoms with E-state index in [0.29, 0.717) is 23.7 Å². The predicted octanol–water partition coefficient (Wildman–Crippen LogP) is 2.99. The van der Waals surface area contributed by atoms with Gasteiger partial charge in [0.25, 0.3) is 0 Å². The summed E-state index contributed by atoms with van der Waals surface area (Å²) in [7, 11) is 0. The molecule has 0 amide bonds. The van der Waals surface area contributed by atoms with Gasteiger partial charge >= 0.3 is 5.97 Å². The van der Waals surface area contributed by atoms with Gasteiger partial charge in [-0.1, -0.05) is 12.2 Å². The van der Waals surface area contributed by atoms with Crippen LogP contribution in [0.2, 0.25) is 0 Å². The van der Waals surface area contributed by atoms with Crippen molar-refractivity contribution in [2.45, 2.75) is 26.7 Å². The highest BCUT2D eigenvalue weighted by atomic mass is 19.1. The molecule has 5 nitrogen and oxygen atoms in total. The quantitative estimate of drug-likeness (QED) is 0.903. The van der Waals surface area contributed by atoms with Crippen molar-refractivity contribution in [2.75, 3.05) is 6.61 Å². The molecular weight excluding hydrogens is 299 g/mol. The lowest BCUT2D eigenvalue weighted by Crippen LogP contribution is -2.28. The third-order valence-electron chi connectivity index (χ3n) is 4.74. The van der Waals surface area contributed by atoms with Gasteiger partial charge in [-0.05, 0) is 32.3 Å². The van der Waals surface area contributed by atoms with E-state index in [0.717, 1.165) is 0 Å². The zero-order valence-electron chi connectivity index (χ0n) is 13.1. The molecule has 6 heteroatoms. The number of hydrogen-bond donors (Lipinski definition) is 1. The van der Waals surface area contributed by atoms with Gasteiger partial charge in [-0.15, -0.1) is 0 Å². The lowest BCUT2D eigenvalue weighted by molar-refractivity contribution is -0.140. The molecule has 0 saturated heterocycles. The molecule has 0 radical (unpaired) electrons. The van der Waals surface area contributed by atoms with E-state index in [4.69, 9.17) is 4.74 Å². The fourth-order valence-electron chi connectivity index (χ4n) is 3.29. The van der Waals surface area contributed by atoms with Gasteiger partial charge in [0, 0.05) is 11.8 Å². The number of ether oxygens (including phenoxy) is 1. The molecule has 2 aliphatic carbocycles. The van der Waals surface area contributed by atoms with Crippen molar-refractivity contribution in [1.82, 2.24) is 9.97 Å². The SMILES string of the molecule is Cc1ncc(OC[C@@]2(C3C=CC=C(F)C3)C[C@H]2C(=O)O)c(C)n1. The molecule has 122 valence electrons. The van der Waals surface area contributed by atoms with E-state index in [-0.39, 0.29) is 24.8 Å². The first-order valence-electron chi connectivity index (χ1n) is 7.61. The van der Waals surface area contributed by atoms with Crippen LogP contribution in [0.1, 0.15) is 24.4 Å². The van der Waals surface area contributed by atoms with Crippen LogP contribution in [0, 0.1) is 31.1 Å². The van der Waals surface area contributed by atoms with Crippen molar-refractivity contribution in [2.24, 2.45) is 17.3 Å². The van der Waals surface area contributed by atoms with E-state index in [9.17, 15) is 14.3 Å². The number of hydrogen-bond acceptors (Lipinski definition) is 4. The van der Waals surface area contributed by atoms with Gasteiger partial charge in [0.2, 0.25) is 0 Å². The minimum absolute atomic E-state index is 0.166. The number of aromatic nitrogens is 2. The van der Waals surface area contributed by atoms with Crippen LogP contribution in [0.25, 0.3) is 0 Å². The monoisotopic (exact) mass is 318 g/mol. The van der Waals surface area contributed by atoms with Crippen molar-refractivity contribution in [1.29, 1.82) is 0 Å². The van der Waals surface area contributed by atoms with Crippen molar-refractivity contribution < 1.29 is 19.0 Å². The van der Waals surface area contributed by atoms with Gasteiger partial charge in [0.05, 0.1) is 24.4 Å². The topological polar surface area (TPSA) is 72.3 Å². The predicted molar refractivity (Wildman–Crippen MR) is 81.6 cm³/mol. The zero-order valence-corrected chi connectivity index (χ0v) is 13.1. The number of rotatable bonds is 5. The van der Waals surface area contributed by atoms with E-state index < -0.39 is 17.3 Å². The summed E-state index contributed by atoms with van der Waals surface area (Å²) in [6.45, 7) is 3.84. The Labute approximate surface area is 133 Å². The van der Waals surface area contributed by atoms with Crippen LogP contribution >= 0.6 is 0 Å². The van der Waals surface area contributed by atoms with Crippen LogP contribution in [0.4, 0.5) is 4.39 Å². The standard InChI is InChI=1S/C17H19FN2O3/c1-10-15(8-19-11(2)20-10)23-9-17(7-14(17)16(21)22)12-4-3-5-13(18)6-12/h3-5,8,12,14H,6-7,9H2,1-2H3,(H,21,22)/t12?,14-,17+/m0/s1. The van der Waals surface area contributed by atoms with Gasteiger partial charge in [-0.2, -0.15) is 0 Å². The second kappa shape index (κ2) is 5.76. The van der Waals surface area contributed by atoms with Crippen molar-refractivity contribution in [3.8, 4) is 5.75 Å². The van der Waals surface area contributed by atoms with E-state index in [1.165, 1.54) is 6.08 Å². The molecule has 0 spiro atoms. The average molecular weight is 318 g/mol. The average Bonchev–Trinajstić information content (AvgIpc) is 3.23. The lowest BCUT2D eigenvalue weighted by Gasteiger charge is -2.26. The second-order valence-electron chi connectivity index (χ2n) is 6.29. The van der Waals surface area contributed by atoms with Crippen LogP contribution < -0.4 is 4.74 Å². The highest BCUT2D eigenvalue weighted by Crippen LogP contribution is 2.60. The van der Waals surface area contributed by atoms with E-state index in [1.54, 1.807) is 19.2 Å². The summed E-state index contributed by atoms with van der Waals surface area (Å²) < 4.78 is 19.4. The van der Waals surface area contributed by atoms with Crippen molar-refractivity contribution in [3.05, 3.63) is 41.8 Å². The molecule has 1 N–H and O–H groups in total. The normalized spacial score (nSPS) is 29.1. The summed E-state index contributed by atoms with van der Waals surface area (Å²) in [4.78, 5) is 19.8. The highest BCUT2D eigenvalue weighted by molar-refractivity contribution is 5.75. The Kier molecular flexibility index (Phi) is 3.92. The Morgan fingerprint density at radius 2 is 2.30 bits per heavy atom. The lowest BCUT2D eigenvalue weighted by atomic mass is 9.82. The smallest absolute Gasteiger partial charge is 0.307 e. The van der Waals surface area contributed by atoms with Gasteiger partial charge < -0.3 is 9.84 Å². The summed E-state index contributed by atoms with van der Waals surface area (Å²) in [5, 5.41) is 9.36. The number of halogens is 1. The number of carbonyl (C=O) groups is 1. The molecule has 1 aromatic rings.